The molecule has 0 aliphatic carbocycles. The largest absolute Gasteiger partial charge is 0.416 e. The normalized spacial score (nSPS) is 13.7. The zero-order valence-electron chi connectivity index (χ0n) is 19.4. The number of rotatable bonds is 5. The van der Waals surface area contributed by atoms with Gasteiger partial charge >= 0.3 is 12.2 Å². The highest BCUT2D eigenvalue weighted by molar-refractivity contribution is 6.35. The van der Waals surface area contributed by atoms with Crippen molar-refractivity contribution in [2.24, 2.45) is 0 Å². The molecule has 2 heterocycles. The van der Waals surface area contributed by atoms with Crippen molar-refractivity contribution >= 4 is 52.0 Å². The van der Waals surface area contributed by atoms with Gasteiger partial charge in [-0.2, -0.15) is 13.2 Å². The van der Waals surface area contributed by atoms with E-state index in [4.69, 9.17) is 0 Å². The lowest BCUT2D eigenvalue weighted by Crippen LogP contribution is -2.20. The number of alkyl halides is 3. The lowest BCUT2D eigenvalue weighted by atomic mass is 10.1. The maximum Gasteiger partial charge on any atom is 0.416 e. The molecular weight excluding hydrogens is 502 g/mol. The van der Waals surface area contributed by atoms with Crippen LogP contribution < -0.4 is 21.3 Å². The van der Waals surface area contributed by atoms with E-state index in [0.717, 1.165) is 23.9 Å². The summed E-state index contributed by atoms with van der Waals surface area (Å²) < 4.78 is 53.2. The van der Waals surface area contributed by atoms with Gasteiger partial charge in [0.25, 0.3) is 5.91 Å². The number of carbonyl (C=O) groups excluding carboxylic acids is 2. The van der Waals surface area contributed by atoms with Gasteiger partial charge in [0.2, 0.25) is 0 Å². The third-order valence-electron chi connectivity index (χ3n) is 5.68. The van der Waals surface area contributed by atoms with Gasteiger partial charge < -0.3 is 26.3 Å². The number of halogens is 4. The van der Waals surface area contributed by atoms with Crippen molar-refractivity contribution in [1.29, 1.82) is 0 Å². The Morgan fingerprint density at radius 2 is 1.63 bits per heavy atom. The fourth-order valence-electron chi connectivity index (χ4n) is 3.93. The second kappa shape index (κ2) is 9.77. The van der Waals surface area contributed by atoms with E-state index < -0.39 is 23.6 Å². The minimum Gasteiger partial charge on any atom is -0.362 e. The first-order valence-electron chi connectivity index (χ1n) is 11.3. The topological polar surface area (TPSA) is 98.0 Å². The summed E-state index contributed by atoms with van der Waals surface area (Å²) in [5, 5.41) is 10.5. The first-order chi connectivity index (χ1) is 18.2. The van der Waals surface area contributed by atoms with Crippen molar-refractivity contribution in [2.75, 3.05) is 21.3 Å². The molecule has 0 fully saturated rings. The third kappa shape index (κ3) is 5.36. The van der Waals surface area contributed by atoms with Crippen molar-refractivity contribution < 1.29 is 27.2 Å². The van der Waals surface area contributed by atoms with Crippen LogP contribution in [0.1, 0.15) is 16.8 Å². The fraction of sp³-hybridized carbons (Fsp3) is 0.0370. The number of amides is 3. The Hall–Kier alpha value is -5.06. The molecule has 0 spiro atoms. The summed E-state index contributed by atoms with van der Waals surface area (Å²) in [6, 6.07) is 15.9. The van der Waals surface area contributed by atoms with Crippen LogP contribution in [-0.4, -0.2) is 16.9 Å². The van der Waals surface area contributed by atoms with E-state index in [2.05, 4.69) is 26.3 Å². The lowest BCUT2D eigenvalue weighted by Gasteiger charge is -2.13. The highest BCUT2D eigenvalue weighted by atomic mass is 19.4. The highest BCUT2D eigenvalue weighted by Crippen LogP contribution is 2.36. The number of urea groups is 1. The van der Waals surface area contributed by atoms with Crippen LogP contribution in [0.5, 0.6) is 0 Å². The summed E-state index contributed by atoms with van der Waals surface area (Å²) in [5.74, 6) is -0.874. The smallest absolute Gasteiger partial charge is 0.362 e. The molecule has 1 aliphatic rings. The molecule has 5 rings (SSSR count). The zero-order chi connectivity index (χ0) is 26.9. The molecule has 0 bridgehead atoms. The van der Waals surface area contributed by atoms with Crippen LogP contribution in [-0.2, 0) is 11.0 Å². The van der Waals surface area contributed by atoms with Crippen molar-refractivity contribution in [3.63, 3.8) is 0 Å². The molecule has 192 valence electrons. The van der Waals surface area contributed by atoms with E-state index in [1.807, 2.05) is 12.1 Å². The Morgan fingerprint density at radius 3 is 2.37 bits per heavy atom. The number of hydrogen-bond acceptors (Lipinski definition) is 3. The number of hydrogen-bond donors (Lipinski definition) is 5. The minimum atomic E-state index is -4.55. The summed E-state index contributed by atoms with van der Waals surface area (Å²) >= 11 is 0. The van der Waals surface area contributed by atoms with Crippen LogP contribution in [0.15, 0.2) is 79.0 Å². The summed E-state index contributed by atoms with van der Waals surface area (Å²) in [4.78, 5) is 27.8. The van der Waals surface area contributed by atoms with Crippen LogP contribution in [0.25, 0.3) is 11.6 Å². The number of anilines is 5. The summed E-state index contributed by atoms with van der Waals surface area (Å²) in [6.07, 6.45) is -1.07. The predicted octanol–water partition coefficient (Wildman–Crippen LogP) is 7.05. The molecule has 1 aliphatic heterocycles. The number of nitrogens with one attached hydrogen (secondary N) is 5. The molecule has 7 nitrogen and oxygen atoms in total. The number of benzene rings is 3. The van der Waals surface area contributed by atoms with Crippen LogP contribution in [0, 0.1) is 5.82 Å². The van der Waals surface area contributed by atoms with E-state index in [9.17, 15) is 27.2 Å². The van der Waals surface area contributed by atoms with Crippen LogP contribution in [0.2, 0.25) is 0 Å². The molecule has 1 aromatic heterocycles. The molecule has 3 aromatic carbocycles. The molecule has 0 atom stereocenters. The zero-order valence-corrected chi connectivity index (χ0v) is 19.4. The van der Waals surface area contributed by atoms with Crippen molar-refractivity contribution in [2.45, 2.75) is 6.18 Å². The number of aromatic nitrogens is 1. The number of aromatic amines is 1. The van der Waals surface area contributed by atoms with E-state index in [1.165, 1.54) is 24.3 Å². The standard InChI is InChI=1S/C27H19F4N5O2/c28-22-9-7-19(35-26(38)34-17-4-1-3-15(11-17)27(29,30)31)14-24(22)33-18-6-8-20-21(12-16-5-2-10-32-16)25(37)36-23(20)13-18/h1-14,32-33H,(H,36,37)(H2,34,35,38)/b21-12-. The Balaban J connectivity index is 1.30. The molecule has 0 saturated heterocycles. The molecule has 4 aromatic rings. The van der Waals surface area contributed by atoms with E-state index in [-0.39, 0.29) is 23.0 Å². The Bertz CT molecular complexity index is 1560. The summed E-state index contributed by atoms with van der Waals surface area (Å²) in [6.45, 7) is 0. The Labute approximate surface area is 213 Å². The maximum atomic E-state index is 14.5. The second-order valence-electron chi connectivity index (χ2n) is 8.38. The average molecular weight is 521 g/mol. The number of fused-ring (bicyclic) bond motifs is 1. The van der Waals surface area contributed by atoms with Gasteiger partial charge in [0.05, 0.1) is 22.5 Å². The monoisotopic (exact) mass is 521 g/mol. The highest BCUT2D eigenvalue weighted by Gasteiger charge is 2.30. The maximum absolute atomic E-state index is 14.5. The second-order valence-corrected chi connectivity index (χ2v) is 8.38. The van der Waals surface area contributed by atoms with Gasteiger partial charge in [0.15, 0.2) is 0 Å². The van der Waals surface area contributed by atoms with Gasteiger partial charge in [-0.1, -0.05) is 12.1 Å². The van der Waals surface area contributed by atoms with Crippen molar-refractivity contribution in [3.05, 3.63) is 102 Å². The predicted molar refractivity (Wildman–Crippen MR) is 138 cm³/mol. The number of carbonyl (C=O) groups is 2. The average Bonchev–Trinajstić information content (AvgIpc) is 3.48. The van der Waals surface area contributed by atoms with Gasteiger partial charge in [-0.25, -0.2) is 9.18 Å². The van der Waals surface area contributed by atoms with Gasteiger partial charge in [0.1, 0.15) is 5.82 Å². The van der Waals surface area contributed by atoms with E-state index in [1.54, 1.807) is 30.5 Å². The van der Waals surface area contributed by atoms with Gasteiger partial charge in [-0.3, -0.25) is 4.79 Å². The first kappa shape index (κ1) is 24.6. The Morgan fingerprint density at radius 1 is 0.868 bits per heavy atom. The van der Waals surface area contributed by atoms with Crippen molar-refractivity contribution in [3.8, 4) is 0 Å². The Kier molecular flexibility index (Phi) is 6.33. The molecule has 0 radical (unpaired) electrons. The minimum absolute atomic E-state index is 0.0355. The summed E-state index contributed by atoms with van der Waals surface area (Å²) in [5.41, 5.74) is 2.26. The van der Waals surface area contributed by atoms with E-state index in [0.29, 0.717) is 22.5 Å². The molecule has 0 saturated carbocycles. The fourth-order valence-corrected chi connectivity index (χ4v) is 3.93. The van der Waals surface area contributed by atoms with Gasteiger partial charge in [-0.05, 0) is 66.7 Å². The van der Waals surface area contributed by atoms with Crippen LogP contribution in [0.4, 0.5) is 50.8 Å². The lowest BCUT2D eigenvalue weighted by molar-refractivity contribution is -0.137. The SMILES string of the molecule is O=C(Nc1cccc(C(F)(F)F)c1)Nc1ccc(F)c(Nc2ccc3c(c2)NC(=O)/C3=C\c2ccc[nH]2)c1. The molecule has 3 amide bonds. The van der Waals surface area contributed by atoms with Crippen LogP contribution >= 0.6 is 0 Å². The molecular formula is C27H19F4N5O2. The van der Waals surface area contributed by atoms with Crippen molar-refractivity contribution in [1.82, 2.24) is 4.98 Å². The quantitative estimate of drug-likeness (QED) is 0.144. The van der Waals surface area contributed by atoms with Gasteiger partial charge in [-0.15, -0.1) is 0 Å². The summed E-state index contributed by atoms with van der Waals surface area (Å²) in [7, 11) is 0. The van der Waals surface area contributed by atoms with Crippen LogP contribution in [0.3, 0.4) is 0 Å². The third-order valence-corrected chi connectivity index (χ3v) is 5.68. The van der Waals surface area contributed by atoms with E-state index >= 15 is 0 Å². The first-order valence-corrected chi connectivity index (χ1v) is 11.3. The molecule has 0 unspecified atom stereocenters. The molecule has 5 N–H and O–H groups in total. The molecule has 11 heteroatoms. The van der Waals surface area contributed by atoms with Gasteiger partial charge in [0, 0.05) is 34.5 Å². The number of H-pyrrole nitrogens is 1. The molecule has 38 heavy (non-hydrogen) atoms.